The van der Waals surface area contributed by atoms with Crippen LogP contribution in [-0.2, 0) is 9.84 Å². The second-order valence-electron chi connectivity index (χ2n) is 4.31. The first-order valence-electron chi connectivity index (χ1n) is 5.47. The topological polar surface area (TPSA) is 46.2 Å². The molecule has 2 atom stereocenters. The minimum absolute atomic E-state index is 0.273. The maximum Gasteiger partial charge on any atom is 0.150 e. The summed E-state index contributed by atoms with van der Waals surface area (Å²) in [5.41, 5.74) is 0. The Morgan fingerprint density at radius 1 is 1.43 bits per heavy atom. The molecule has 0 saturated carbocycles. The van der Waals surface area contributed by atoms with Crippen molar-refractivity contribution in [3.05, 3.63) is 0 Å². The van der Waals surface area contributed by atoms with E-state index in [4.69, 9.17) is 0 Å². The Morgan fingerprint density at radius 2 is 2.14 bits per heavy atom. The molecule has 0 aromatic heterocycles. The van der Waals surface area contributed by atoms with Gasteiger partial charge in [-0.1, -0.05) is 13.8 Å². The molecule has 1 aliphatic rings. The van der Waals surface area contributed by atoms with Gasteiger partial charge in [0.1, 0.15) is 9.84 Å². The van der Waals surface area contributed by atoms with Crippen molar-refractivity contribution < 1.29 is 8.42 Å². The molecule has 84 valence electrons. The lowest BCUT2D eigenvalue weighted by Gasteiger charge is -2.28. The highest BCUT2D eigenvalue weighted by molar-refractivity contribution is 7.91. The van der Waals surface area contributed by atoms with Crippen LogP contribution in [0.15, 0.2) is 0 Å². The number of sulfone groups is 1. The normalized spacial score (nSPS) is 29.0. The molecule has 0 bridgehead atoms. The van der Waals surface area contributed by atoms with Crippen molar-refractivity contribution in [2.45, 2.75) is 39.2 Å². The zero-order valence-corrected chi connectivity index (χ0v) is 9.94. The summed E-state index contributed by atoms with van der Waals surface area (Å²) < 4.78 is 22.6. The molecule has 2 unspecified atom stereocenters. The molecule has 0 amide bonds. The van der Waals surface area contributed by atoms with Crippen LogP contribution in [-0.4, -0.2) is 32.5 Å². The summed E-state index contributed by atoms with van der Waals surface area (Å²) in [5.74, 6) is 1.36. The largest absolute Gasteiger partial charge is 0.314 e. The molecule has 4 heteroatoms. The van der Waals surface area contributed by atoms with Gasteiger partial charge in [-0.25, -0.2) is 8.42 Å². The Labute approximate surface area is 87.2 Å². The lowest BCUT2D eigenvalue weighted by atomic mass is 9.93. The zero-order valence-electron chi connectivity index (χ0n) is 9.12. The maximum absolute atomic E-state index is 11.3. The molecule has 14 heavy (non-hydrogen) atoms. The van der Waals surface area contributed by atoms with E-state index in [2.05, 4.69) is 12.2 Å². The van der Waals surface area contributed by atoms with Gasteiger partial charge < -0.3 is 5.32 Å². The van der Waals surface area contributed by atoms with Gasteiger partial charge in [-0.2, -0.15) is 0 Å². The third-order valence-corrected chi connectivity index (χ3v) is 4.71. The molecule has 0 radical (unpaired) electrons. The molecule has 0 aromatic carbocycles. The molecule has 0 aliphatic carbocycles. The molecular formula is C10H21NO2S. The van der Waals surface area contributed by atoms with Crippen molar-refractivity contribution in [2.75, 3.05) is 18.1 Å². The SMILES string of the molecule is CCS(=O)(=O)CCC1CC(C)CCN1. The third-order valence-electron chi connectivity index (χ3n) is 2.97. The summed E-state index contributed by atoms with van der Waals surface area (Å²) >= 11 is 0. The van der Waals surface area contributed by atoms with E-state index in [-0.39, 0.29) is 5.75 Å². The van der Waals surface area contributed by atoms with Gasteiger partial charge in [0.25, 0.3) is 0 Å². The fourth-order valence-electron chi connectivity index (χ4n) is 1.91. The minimum Gasteiger partial charge on any atom is -0.314 e. The predicted molar refractivity (Wildman–Crippen MR) is 59.1 cm³/mol. The molecule has 1 aliphatic heterocycles. The quantitative estimate of drug-likeness (QED) is 0.773. The van der Waals surface area contributed by atoms with E-state index in [9.17, 15) is 8.42 Å². The summed E-state index contributed by atoms with van der Waals surface area (Å²) in [4.78, 5) is 0. The number of hydrogen-bond acceptors (Lipinski definition) is 3. The first kappa shape index (κ1) is 12.0. The molecule has 1 N–H and O–H groups in total. The number of piperidine rings is 1. The van der Waals surface area contributed by atoms with Crippen LogP contribution in [0.2, 0.25) is 0 Å². The molecular weight excluding hydrogens is 198 g/mol. The third kappa shape index (κ3) is 3.96. The minimum atomic E-state index is -2.78. The van der Waals surface area contributed by atoms with Gasteiger partial charge in [0, 0.05) is 11.8 Å². The molecule has 3 nitrogen and oxygen atoms in total. The Morgan fingerprint density at radius 3 is 2.71 bits per heavy atom. The molecule has 0 spiro atoms. The molecule has 1 fully saturated rings. The van der Waals surface area contributed by atoms with E-state index in [1.807, 2.05) is 0 Å². The maximum atomic E-state index is 11.3. The Kier molecular flexibility index (Phi) is 4.38. The average molecular weight is 219 g/mol. The summed E-state index contributed by atoms with van der Waals surface area (Å²) in [7, 11) is -2.78. The monoisotopic (exact) mass is 219 g/mol. The van der Waals surface area contributed by atoms with Crippen molar-refractivity contribution in [3.8, 4) is 0 Å². The fraction of sp³-hybridized carbons (Fsp3) is 1.00. The Hall–Kier alpha value is -0.0900. The molecule has 1 saturated heterocycles. The lowest BCUT2D eigenvalue weighted by Crippen LogP contribution is -2.38. The van der Waals surface area contributed by atoms with Gasteiger partial charge in [-0.05, 0) is 31.7 Å². The highest BCUT2D eigenvalue weighted by Gasteiger charge is 2.19. The van der Waals surface area contributed by atoms with Gasteiger partial charge in [-0.3, -0.25) is 0 Å². The van der Waals surface area contributed by atoms with Gasteiger partial charge >= 0.3 is 0 Å². The first-order chi connectivity index (χ1) is 6.53. The van der Waals surface area contributed by atoms with Crippen LogP contribution < -0.4 is 5.32 Å². The van der Waals surface area contributed by atoms with Crippen LogP contribution in [0.3, 0.4) is 0 Å². The molecule has 0 aromatic rings. The van der Waals surface area contributed by atoms with Crippen LogP contribution in [0.25, 0.3) is 0 Å². The van der Waals surface area contributed by atoms with E-state index in [0.717, 1.165) is 25.3 Å². The van der Waals surface area contributed by atoms with E-state index < -0.39 is 9.84 Å². The van der Waals surface area contributed by atoms with E-state index in [1.165, 1.54) is 6.42 Å². The van der Waals surface area contributed by atoms with E-state index in [1.54, 1.807) is 6.92 Å². The fourth-order valence-corrected chi connectivity index (χ4v) is 2.84. The summed E-state index contributed by atoms with van der Waals surface area (Å²) in [6, 6.07) is 0.417. The van der Waals surface area contributed by atoms with Gasteiger partial charge in [0.05, 0.1) is 5.75 Å². The van der Waals surface area contributed by atoms with Crippen LogP contribution >= 0.6 is 0 Å². The summed E-state index contributed by atoms with van der Waals surface area (Å²) in [6.45, 7) is 4.99. The van der Waals surface area contributed by atoms with Gasteiger partial charge in [-0.15, -0.1) is 0 Å². The van der Waals surface area contributed by atoms with Crippen LogP contribution in [0.5, 0.6) is 0 Å². The number of rotatable bonds is 4. The zero-order chi connectivity index (χ0) is 10.6. The van der Waals surface area contributed by atoms with Crippen LogP contribution in [0.1, 0.15) is 33.1 Å². The van der Waals surface area contributed by atoms with Crippen molar-refractivity contribution in [3.63, 3.8) is 0 Å². The van der Waals surface area contributed by atoms with Crippen molar-refractivity contribution in [2.24, 2.45) is 5.92 Å². The second kappa shape index (κ2) is 5.12. The second-order valence-corrected chi connectivity index (χ2v) is 6.78. The average Bonchev–Trinajstić information content (AvgIpc) is 2.15. The molecule has 1 rings (SSSR count). The first-order valence-corrected chi connectivity index (χ1v) is 7.29. The van der Waals surface area contributed by atoms with Gasteiger partial charge in [0.2, 0.25) is 0 Å². The highest BCUT2D eigenvalue weighted by atomic mass is 32.2. The highest BCUT2D eigenvalue weighted by Crippen LogP contribution is 2.17. The Balaban J connectivity index is 2.31. The summed E-state index contributed by atoms with van der Waals surface area (Å²) in [6.07, 6.45) is 3.12. The standard InChI is InChI=1S/C10H21NO2S/c1-3-14(12,13)7-5-10-8-9(2)4-6-11-10/h9-11H,3-8H2,1-2H3. The summed E-state index contributed by atoms with van der Waals surface area (Å²) in [5, 5.41) is 3.38. The Bertz CT molecular complexity index is 261. The van der Waals surface area contributed by atoms with Crippen LogP contribution in [0, 0.1) is 5.92 Å². The van der Waals surface area contributed by atoms with E-state index in [0.29, 0.717) is 11.8 Å². The van der Waals surface area contributed by atoms with Gasteiger partial charge in [0.15, 0.2) is 0 Å². The van der Waals surface area contributed by atoms with Crippen molar-refractivity contribution in [1.29, 1.82) is 0 Å². The van der Waals surface area contributed by atoms with Crippen LogP contribution in [0.4, 0.5) is 0 Å². The lowest BCUT2D eigenvalue weighted by molar-refractivity contribution is 0.314. The number of hydrogen-bond donors (Lipinski definition) is 1. The van der Waals surface area contributed by atoms with Crippen molar-refractivity contribution >= 4 is 9.84 Å². The number of nitrogens with one attached hydrogen (secondary N) is 1. The van der Waals surface area contributed by atoms with Crippen molar-refractivity contribution in [1.82, 2.24) is 5.32 Å². The smallest absolute Gasteiger partial charge is 0.150 e. The van der Waals surface area contributed by atoms with E-state index >= 15 is 0 Å². The predicted octanol–water partition coefficient (Wildman–Crippen LogP) is 1.20. The molecule has 1 heterocycles.